The second-order valence-corrected chi connectivity index (χ2v) is 8.28. The third-order valence-corrected chi connectivity index (χ3v) is 6.04. The number of hydrogen-bond acceptors (Lipinski definition) is 2. The van der Waals surface area contributed by atoms with E-state index in [0.717, 1.165) is 11.3 Å². The monoisotopic (exact) mass is 384 g/mol. The number of benzene rings is 3. The Balaban J connectivity index is 1.58. The van der Waals surface area contributed by atoms with Crippen LogP contribution >= 0.6 is 11.6 Å². The van der Waals surface area contributed by atoms with Crippen molar-refractivity contribution < 1.29 is 0 Å². The summed E-state index contributed by atoms with van der Waals surface area (Å²) in [5.41, 5.74) is 9.61. The molecule has 2 aliphatic rings. The quantitative estimate of drug-likeness (QED) is 0.413. The zero-order chi connectivity index (χ0) is 19.3. The van der Waals surface area contributed by atoms with Crippen LogP contribution in [0.1, 0.15) is 30.5 Å². The molecule has 1 atom stereocenters. The standard InChI is InChI=1S/C25H21ClN2/c1-25(2)21-9-4-3-8-19(21)20-11-10-17(15-22(20)25)16-6-5-7-18(14-16)23-12-13-27-24(26)28-23/h3-15,24,28H,1-2H3. The lowest BCUT2D eigenvalue weighted by Crippen LogP contribution is -2.23. The van der Waals surface area contributed by atoms with Gasteiger partial charge in [0.2, 0.25) is 0 Å². The molecule has 0 radical (unpaired) electrons. The predicted molar refractivity (Wildman–Crippen MR) is 119 cm³/mol. The summed E-state index contributed by atoms with van der Waals surface area (Å²) in [6.07, 6.45) is 3.71. The van der Waals surface area contributed by atoms with Gasteiger partial charge in [0.15, 0.2) is 5.62 Å². The minimum absolute atomic E-state index is 0.00924. The van der Waals surface area contributed by atoms with Crippen LogP contribution in [0.25, 0.3) is 28.0 Å². The van der Waals surface area contributed by atoms with Crippen LogP contribution in [-0.2, 0) is 5.41 Å². The van der Waals surface area contributed by atoms with E-state index in [-0.39, 0.29) is 5.41 Å². The molecule has 1 N–H and O–H groups in total. The van der Waals surface area contributed by atoms with E-state index in [4.69, 9.17) is 11.6 Å². The van der Waals surface area contributed by atoms with Gasteiger partial charge < -0.3 is 5.32 Å². The van der Waals surface area contributed by atoms with Gasteiger partial charge in [-0.3, -0.25) is 4.99 Å². The fraction of sp³-hybridized carbons (Fsp3) is 0.160. The Morgan fingerprint density at radius 2 is 1.57 bits per heavy atom. The summed E-state index contributed by atoms with van der Waals surface area (Å²) in [5.74, 6) is 0. The van der Waals surface area contributed by atoms with Crippen LogP contribution in [0.5, 0.6) is 0 Å². The van der Waals surface area contributed by atoms with Gasteiger partial charge in [-0.05, 0) is 57.2 Å². The van der Waals surface area contributed by atoms with E-state index in [1.54, 1.807) is 6.21 Å². The van der Waals surface area contributed by atoms with Crippen LogP contribution in [0.3, 0.4) is 0 Å². The average molecular weight is 385 g/mol. The molecule has 3 heteroatoms. The summed E-state index contributed by atoms with van der Waals surface area (Å²) in [6.45, 7) is 4.63. The minimum Gasteiger partial charge on any atom is -0.351 e. The Hall–Kier alpha value is -2.84. The average Bonchev–Trinajstić information content (AvgIpc) is 2.95. The molecule has 1 aliphatic carbocycles. The van der Waals surface area contributed by atoms with E-state index in [1.165, 1.54) is 33.4 Å². The van der Waals surface area contributed by atoms with Crippen molar-refractivity contribution in [3.8, 4) is 22.3 Å². The Morgan fingerprint density at radius 3 is 2.43 bits per heavy atom. The molecule has 0 bridgehead atoms. The molecule has 1 aliphatic heterocycles. The molecule has 0 saturated heterocycles. The van der Waals surface area contributed by atoms with Crippen molar-refractivity contribution in [1.29, 1.82) is 0 Å². The number of hydrogen-bond donors (Lipinski definition) is 1. The first-order valence-corrected chi connectivity index (χ1v) is 9.97. The van der Waals surface area contributed by atoms with Crippen molar-refractivity contribution in [2.45, 2.75) is 24.9 Å². The summed E-state index contributed by atoms with van der Waals surface area (Å²) < 4.78 is 0. The molecule has 138 valence electrons. The Labute approximate surface area is 170 Å². The van der Waals surface area contributed by atoms with Gasteiger partial charge in [-0.1, -0.05) is 80.0 Å². The second-order valence-electron chi connectivity index (χ2n) is 7.87. The van der Waals surface area contributed by atoms with Crippen molar-refractivity contribution in [2.75, 3.05) is 0 Å². The first-order valence-electron chi connectivity index (χ1n) is 9.53. The Kier molecular flexibility index (Phi) is 3.92. The third-order valence-electron chi connectivity index (χ3n) is 5.82. The molecule has 5 rings (SSSR count). The molecule has 0 amide bonds. The summed E-state index contributed by atoms with van der Waals surface area (Å²) in [5, 5.41) is 3.21. The molecular weight excluding hydrogens is 364 g/mol. The molecule has 1 heterocycles. The maximum absolute atomic E-state index is 6.11. The summed E-state index contributed by atoms with van der Waals surface area (Å²) in [6, 6.07) is 24.1. The van der Waals surface area contributed by atoms with Crippen LogP contribution in [0, 0.1) is 0 Å². The predicted octanol–water partition coefficient (Wildman–Crippen LogP) is 6.20. The smallest absolute Gasteiger partial charge is 0.195 e. The lowest BCUT2D eigenvalue weighted by Gasteiger charge is -2.22. The molecule has 0 saturated carbocycles. The van der Waals surface area contributed by atoms with Crippen LogP contribution in [-0.4, -0.2) is 11.8 Å². The van der Waals surface area contributed by atoms with E-state index in [9.17, 15) is 0 Å². The van der Waals surface area contributed by atoms with Gasteiger partial charge in [-0.15, -0.1) is 0 Å². The van der Waals surface area contributed by atoms with E-state index in [2.05, 4.69) is 90.9 Å². The van der Waals surface area contributed by atoms with Gasteiger partial charge in [0.1, 0.15) is 0 Å². The number of fused-ring (bicyclic) bond motifs is 3. The van der Waals surface area contributed by atoms with Crippen molar-refractivity contribution in [1.82, 2.24) is 5.32 Å². The summed E-state index contributed by atoms with van der Waals surface area (Å²) >= 11 is 6.11. The van der Waals surface area contributed by atoms with Crippen molar-refractivity contribution >= 4 is 23.5 Å². The molecule has 3 aromatic rings. The number of alkyl halides is 1. The second kappa shape index (κ2) is 6.35. The molecule has 0 aromatic heterocycles. The number of allylic oxidation sites excluding steroid dienone is 1. The minimum atomic E-state index is -0.414. The lowest BCUT2D eigenvalue weighted by atomic mass is 9.81. The van der Waals surface area contributed by atoms with Crippen molar-refractivity contribution in [3.63, 3.8) is 0 Å². The van der Waals surface area contributed by atoms with E-state index in [0.29, 0.717) is 0 Å². The van der Waals surface area contributed by atoms with Gasteiger partial charge in [-0.2, -0.15) is 0 Å². The lowest BCUT2D eigenvalue weighted by molar-refractivity contribution is 0.660. The Bertz CT molecular complexity index is 1140. The fourth-order valence-corrected chi connectivity index (χ4v) is 4.52. The van der Waals surface area contributed by atoms with Crippen molar-refractivity contribution in [2.24, 2.45) is 4.99 Å². The topological polar surface area (TPSA) is 24.4 Å². The van der Waals surface area contributed by atoms with E-state index < -0.39 is 5.62 Å². The molecule has 0 spiro atoms. The number of halogens is 1. The molecule has 0 fully saturated rings. The highest BCUT2D eigenvalue weighted by atomic mass is 35.5. The number of nitrogens with zero attached hydrogens (tertiary/aromatic N) is 1. The normalized spacial score (nSPS) is 18.8. The largest absolute Gasteiger partial charge is 0.351 e. The maximum Gasteiger partial charge on any atom is 0.195 e. The van der Waals surface area contributed by atoms with Crippen molar-refractivity contribution in [3.05, 3.63) is 89.5 Å². The number of rotatable bonds is 2. The first kappa shape index (κ1) is 17.3. The van der Waals surface area contributed by atoms with Crippen LogP contribution in [0.4, 0.5) is 0 Å². The van der Waals surface area contributed by atoms with Gasteiger partial charge in [0, 0.05) is 17.3 Å². The van der Waals surface area contributed by atoms with Crippen LogP contribution < -0.4 is 5.32 Å². The van der Waals surface area contributed by atoms with Crippen LogP contribution in [0.2, 0.25) is 0 Å². The molecule has 3 aromatic carbocycles. The van der Waals surface area contributed by atoms with E-state index in [1.807, 2.05) is 6.08 Å². The highest BCUT2D eigenvalue weighted by Crippen LogP contribution is 2.49. The summed E-state index contributed by atoms with van der Waals surface area (Å²) in [4.78, 5) is 4.11. The number of nitrogens with one attached hydrogen (secondary N) is 1. The van der Waals surface area contributed by atoms with Gasteiger partial charge in [-0.25, -0.2) is 0 Å². The van der Waals surface area contributed by atoms with Gasteiger partial charge in [0.25, 0.3) is 0 Å². The number of aliphatic imine (C=N–C) groups is 1. The van der Waals surface area contributed by atoms with Crippen LogP contribution in [0.15, 0.2) is 77.8 Å². The summed E-state index contributed by atoms with van der Waals surface area (Å²) in [7, 11) is 0. The highest BCUT2D eigenvalue weighted by molar-refractivity contribution is 6.21. The molecule has 1 unspecified atom stereocenters. The third kappa shape index (κ3) is 2.68. The Morgan fingerprint density at radius 1 is 0.821 bits per heavy atom. The zero-order valence-electron chi connectivity index (χ0n) is 15.9. The van der Waals surface area contributed by atoms with E-state index >= 15 is 0 Å². The maximum atomic E-state index is 6.11. The SMILES string of the molecule is CC1(C)c2ccccc2-c2ccc(-c3cccc(C4=CC=NC(Cl)N4)c3)cc21. The highest BCUT2D eigenvalue weighted by Gasteiger charge is 2.35. The molecule has 28 heavy (non-hydrogen) atoms. The molecule has 2 nitrogen and oxygen atoms in total. The molecular formula is C25H21ClN2. The zero-order valence-corrected chi connectivity index (χ0v) is 16.7. The fourth-order valence-electron chi connectivity index (χ4n) is 4.34. The van der Waals surface area contributed by atoms with Gasteiger partial charge >= 0.3 is 0 Å². The van der Waals surface area contributed by atoms with Gasteiger partial charge in [0.05, 0.1) is 0 Å². The first-order chi connectivity index (χ1) is 13.5.